The Morgan fingerprint density at radius 3 is 1.06 bits per heavy atom. The highest BCUT2D eigenvalue weighted by atomic mass is 16.3. The predicted molar refractivity (Wildman–Crippen MR) is 142 cm³/mol. The molecule has 0 aliphatic carbocycles. The molecule has 0 aromatic rings. The number of hydrogen-bond acceptors (Lipinski definition) is 7. The third-order valence-corrected chi connectivity index (χ3v) is 7.04. The van der Waals surface area contributed by atoms with Crippen molar-refractivity contribution in [2.45, 2.75) is 33.8 Å². The zero-order valence-corrected chi connectivity index (χ0v) is 20.9. The third-order valence-electron chi connectivity index (χ3n) is 7.04. The van der Waals surface area contributed by atoms with Gasteiger partial charge in [-0.15, -0.1) is 0 Å². The molecule has 0 spiro atoms. The number of allylic oxidation sites excluding steroid dienone is 4. The van der Waals surface area contributed by atoms with E-state index in [4.69, 9.17) is 0 Å². The quantitative estimate of drug-likeness (QED) is 0.483. The molecule has 4 aliphatic heterocycles. The Hall–Kier alpha value is -2.48. The van der Waals surface area contributed by atoms with Gasteiger partial charge >= 0.3 is 0 Å². The molecule has 0 aromatic carbocycles. The number of hydrogen-bond donors (Lipinski definition) is 1. The summed E-state index contributed by atoms with van der Waals surface area (Å²) >= 11 is 0. The van der Waals surface area contributed by atoms with Crippen LogP contribution in [0.1, 0.15) is 27.7 Å². The van der Waals surface area contributed by atoms with E-state index < -0.39 is 6.10 Å². The highest BCUT2D eigenvalue weighted by Crippen LogP contribution is 2.17. The summed E-state index contributed by atoms with van der Waals surface area (Å²) in [5.74, 6) is 1.34. The van der Waals surface area contributed by atoms with Gasteiger partial charge < -0.3 is 5.11 Å². The van der Waals surface area contributed by atoms with Gasteiger partial charge in [0.15, 0.2) is 0 Å². The van der Waals surface area contributed by atoms with Crippen molar-refractivity contribution in [2.75, 3.05) is 39.3 Å². The molecule has 34 heavy (non-hydrogen) atoms. The topological polar surface area (TPSA) is 76.2 Å². The summed E-state index contributed by atoms with van der Waals surface area (Å²) in [5.41, 5.74) is 4.57. The van der Waals surface area contributed by atoms with Crippen molar-refractivity contribution in [3.63, 3.8) is 0 Å². The van der Waals surface area contributed by atoms with Gasteiger partial charge in [0.1, 0.15) is 0 Å². The van der Waals surface area contributed by atoms with Gasteiger partial charge in [0.2, 0.25) is 0 Å². The second-order valence-corrected chi connectivity index (χ2v) is 10.00. The van der Waals surface area contributed by atoms with Crippen molar-refractivity contribution >= 4 is 22.8 Å². The largest absolute Gasteiger partial charge is 0.390 e. The van der Waals surface area contributed by atoms with Crippen molar-refractivity contribution in [1.82, 2.24) is 9.80 Å². The molecule has 1 N–H and O–H groups in total. The molecule has 0 saturated carbocycles. The van der Waals surface area contributed by atoms with E-state index in [1.807, 2.05) is 24.8 Å². The van der Waals surface area contributed by atoms with Gasteiger partial charge in [0.05, 0.1) is 6.10 Å². The maximum Gasteiger partial charge on any atom is 0.0794 e. The van der Waals surface area contributed by atoms with Gasteiger partial charge in [-0.2, -0.15) is 0 Å². The lowest BCUT2D eigenvalue weighted by Crippen LogP contribution is -2.47. The van der Waals surface area contributed by atoms with Crippen LogP contribution in [0.4, 0.5) is 0 Å². The van der Waals surface area contributed by atoms with Crippen molar-refractivity contribution in [2.24, 2.45) is 43.6 Å². The van der Waals surface area contributed by atoms with E-state index in [0.29, 0.717) is 36.8 Å². The van der Waals surface area contributed by atoms with E-state index in [1.165, 1.54) is 0 Å². The van der Waals surface area contributed by atoms with Gasteiger partial charge in [-0.1, -0.05) is 52.0 Å². The van der Waals surface area contributed by atoms with E-state index in [2.05, 4.69) is 81.8 Å². The maximum atomic E-state index is 11.2. The minimum Gasteiger partial charge on any atom is -0.390 e. The molecular weight excluding hydrogens is 424 g/mol. The molecule has 0 bridgehead atoms. The van der Waals surface area contributed by atoms with Gasteiger partial charge in [0.25, 0.3) is 0 Å². The predicted octanol–water partition coefficient (Wildman–Crippen LogP) is 3.37. The summed E-state index contributed by atoms with van der Waals surface area (Å²) in [5, 5.41) is 11.2. The second kappa shape index (κ2) is 11.3. The molecule has 7 nitrogen and oxygen atoms in total. The van der Waals surface area contributed by atoms with Gasteiger partial charge in [-0.25, -0.2) is 0 Å². The first-order valence-electron chi connectivity index (χ1n) is 12.4. The Morgan fingerprint density at radius 1 is 0.588 bits per heavy atom. The lowest BCUT2D eigenvalue weighted by molar-refractivity contribution is 0.0933. The highest BCUT2D eigenvalue weighted by molar-refractivity contribution is 5.95. The standard InChI is InChI=1S/C27H38N6O/c1-19-5-9-28-24(19)15-32(16-25-20(2)6-10-29-25)13-23(34)14-33(17-26-21(3)7-11-30-26)18-27-22(4)8-12-31-27/h5-12,19-23,34H,13-18H2,1-4H3. The van der Waals surface area contributed by atoms with Gasteiger partial charge in [0, 0.05) is 111 Å². The highest BCUT2D eigenvalue weighted by Gasteiger charge is 2.25. The molecule has 182 valence electrons. The first kappa shape index (κ1) is 24.6. The molecule has 0 saturated heterocycles. The van der Waals surface area contributed by atoms with Gasteiger partial charge in [-0.05, 0) is 0 Å². The van der Waals surface area contributed by atoms with Gasteiger partial charge in [-0.3, -0.25) is 29.8 Å². The molecule has 4 aliphatic rings. The Labute approximate surface area is 203 Å². The zero-order valence-electron chi connectivity index (χ0n) is 20.9. The molecule has 0 fully saturated rings. The van der Waals surface area contributed by atoms with Crippen molar-refractivity contribution < 1.29 is 5.11 Å². The molecule has 0 aromatic heterocycles. The van der Waals surface area contributed by atoms with Crippen molar-refractivity contribution in [3.8, 4) is 0 Å². The number of rotatable bonds is 12. The fraction of sp³-hybridized carbons (Fsp3) is 0.556. The van der Waals surface area contributed by atoms with Crippen LogP contribution >= 0.6 is 0 Å². The number of aliphatic hydroxyl groups is 1. The van der Waals surface area contributed by atoms with Crippen molar-refractivity contribution in [1.29, 1.82) is 0 Å². The zero-order chi connectivity index (χ0) is 24.1. The summed E-state index contributed by atoms with van der Waals surface area (Å²) in [6.45, 7) is 12.8. The Bertz CT molecular complexity index is 835. The first-order valence-corrected chi connectivity index (χ1v) is 12.4. The molecule has 4 atom stereocenters. The fourth-order valence-electron chi connectivity index (χ4n) is 4.67. The lowest BCUT2D eigenvalue weighted by Gasteiger charge is -2.31. The van der Waals surface area contributed by atoms with Crippen LogP contribution in [0.2, 0.25) is 0 Å². The lowest BCUT2D eigenvalue weighted by atomic mass is 10.0. The molecule has 4 unspecified atom stereocenters. The Kier molecular flexibility index (Phi) is 8.19. The van der Waals surface area contributed by atoms with Crippen LogP contribution in [0.5, 0.6) is 0 Å². The van der Waals surface area contributed by atoms with E-state index >= 15 is 0 Å². The smallest absolute Gasteiger partial charge is 0.0794 e. The van der Waals surface area contributed by atoms with E-state index in [1.54, 1.807) is 0 Å². The van der Waals surface area contributed by atoms with Crippen LogP contribution in [-0.2, 0) is 0 Å². The van der Waals surface area contributed by atoms with Crippen LogP contribution < -0.4 is 0 Å². The SMILES string of the molecule is CC1C=CN=C1CN(CC1=NC=CC1C)CC(O)CN(CC1=NC=CC1C)CC1=NC=CC1C. The normalized spacial score (nSPS) is 28.3. The van der Waals surface area contributed by atoms with Crippen LogP contribution in [0.3, 0.4) is 0 Å². The average Bonchev–Trinajstić information content (AvgIpc) is 3.57. The van der Waals surface area contributed by atoms with E-state index in [0.717, 1.165) is 49.0 Å². The van der Waals surface area contributed by atoms with E-state index in [-0.39, 0.29) is 0 Å². The summed E-state index contributed by atoms with van der Waals surface area (Å²) < 4.78 is 0. The first-order chi connectivity index (χ1) is 16.4. The van der Waals surface area contributed by atoms with E-state index in [9.17, 15) is 5.11 Å². The Morgan fingerprint density at radius 2 is 0.853 bits per heavy atom. The molecule has 4 heterocycles. The minimum absolute atomic E-state index is 0.334. The van der Waals surface area contributed by atoms with Crippen LogP contribution in [-0.4, -0.2) is 83.1 Å². The minimum atomic E-state index is -0.508. The van der Waals surface area contributed by atoms with Crippen LogP contribution in [0, 0.1) is 23.7 Å². The summed E-state index contributed by atoms with van der Waals surface area (Å²) in [4.78, 5) is 22.9. The fourth-order valence-corrected chi connectivity index (χ4v) is 4.67. The van der Waals surface area contributed by atoms with Crippen LogP contribution in [0.25, 0.3) is 0 Å². The second-order valence-electron chi connectivity index (χ2n) is 10.00. The molecule has 4 rings (SSSR count). The number of nitrogens with zero attached hydrogens (tertiary/aromatic N) is 6. The molecular formula is C27H38N6O. The third kappa shape index (κ3) is 6.34. The summed E-state index contributed by atoms with van der Waals surface area (Å²) in [6.07, 6.45) is 15.5. The van der Waals surface area contributed by atoms with Crippen molar-refractivity contribution in [3.05, 3.63) is 49.1 Å². The Balaban J connectivity index is 1.41. The maximum absolute atomic E-state index is 11.2. The molecule has 0 amide bonds. The summed E-state index contributed by atoms with van der Waals surface area (Å²) in [7, 11) is 0. The van der Waals surface area contributed by atoms with Crippen LogP contribution in [0.15, 0.2) is 69.1 Å². The summed E-state index contributed by atoms with van der Waals surface area (Å²) in [6, 6.07) is 0. The average molecular weight is 463 g/mol. The number of aliphatic hydroxyl groups excluding tert-OH is 1. The number of aliphatic imine (C=N–C) groups is 4. The monoisotopic (exact) mass is 462 g/mol. The molecule has 0 radical (unpaired) electrons. The molecule has 7 heteroatoms.